The highest BCUT2D eigenvalue weighted by atomic mass is 14.5. The maximum absolute atomic E-state index is 8.29. The van der Waals surface area contributed by atoms with Crippen molar-refractivity contribution in [3.63, 3.8) is 0 Å². The van der Waals surface area contributed by atoms with E-state index >= 15 is 0 Å². The van der Waals surface area contributed by atoms with Gasteiger partial charge >= 0.3 is 0 Å². The minimum atomic E-state index is 0.715. The first-order valence-corrected chi connectivity index (χ1v) is 6.58. The van der Waals surface area contributed by atoms with Gasteiger partial charge in [0.25, 0.3) is 0 Å². The Bertz CT molecular complexity index is 587. The molecule has 2 heteroatoms. The minimum Gasteiger partial charge on any atom is -0.399 e. The first-order chi connectivity index (χ1) is 10.3. The van der Waals surface area contributed by atoms with Crippen LogP contribution in [0.3, 0.4) is 0 Å². The van der Waals surface area contributed by atoms with E-state index in [9.17, 15) is 0 Å². The molecule has 0 fully saturated rings. The molecule has 0 atom stereocenters. The Morgan fingerprint density at radius 1 is 0.571 bits per heavy atom. The molecule has 0 unspecified atom stereocenters. The van der Waals surface area contributed by atoms with Crippen LogP contribution in [0.25, 0.3) is 0 Å². The van der Waals surface area contributed by atoms with Crippen molar-refractivity contribution in [2.24, 2.45) is 0 Å². The lowest BCUT2D eigenvalue weighted by Gasteiger charge is -1.83. The Hall–Kier alpha value is -3.05. The van der Waals surface area contributed by atoms with Gasteiger partial charge in [0.1, 0.15) is 0 Å². The second-order valence-electron chi connectivity index (χ2n) is 4.04. The normalized spacial score (nSPS) is 8.14. The molecule has 0 spiro atoms. The Morgan fingerprint density at radius 3 is 1.14 bits per heavy atom. The largest absolute Gasteiger partial charge is 0.399 e. The lowest BCUT2D eigenvalue weighted by atomic mass is 10.2. The number of rotatable bonds is 0. The highest BCUT2D eigenvalue weighted by Crippen LogP contribution is 1.96. The third-order valence-corrected chi connectivity index (χ3v) is 2.37. The van der Waals surface area contributed by atoms with E-state index in [1.54, 1.807) is 12.1 Å². The maximum Gasteiger partial charge on any atom is 0.0991 e. The van der Waals surface area contributed by atoms with Crippen LogP contribution < -0.4 is 5.73 Å². The summed E-state index contributed by atoms with van der Waals surface area (Å²) >= 11 is 0. The summed E-state index contributed by atoms with van der Waals surface area (Å²) in [5.74, 6) is 0. The molecule has 2 N–H and O–H groups in total. The molecule has 0 bridgehead atoms. The zero-order chi connectivity index (χ0) is 15.2. The van der Waals surface area contributed by atoms with Crippen LogP contribution in [0.1, 0.15) is 5.56 Å². The molecular formula is C19H18N2. The summed E-state index contributed by atoms with van der Waals surface area (Å²) < 4.78 is 0. The monoisotopic (exact) mass is 274 g/mol. The zero-order valence-corrected chi connectivity index (χ0v) is 11.8. The standard InChI is InChI=1S/C7H5N.C6H7N.C6H6/c8-6-7-4-2-1-3-5-7;7-6-4-2-1-3-5-6;1-2-4-6-5-3-1/h1-5H;1-5H,7H2;1-6H. The van der Waals surface area contributed by atoms with Crippen molar-refractivity contribution >= 4 is 5.69 Å². The van der Waals surface area contributed by atoms with Gasteiger partial charge in [-0.2, -0.15) is 5.26 Å². The van der Waals surface area contributed by atoms with Crippen LogP contribution in [0.15, 0.2) is 97.1 Å². The van der Waals surface area contributed by atoms with E-state index in [2.05, 4.69) is 0 Å². The van der Waals surface area contributed by atoms with Crippen LogP contribution >= 0.6 is 0 Å². The van der Waals surface area contributed by atoms with E-state index in [-0.39, 0.29) is 0 Å². The summed E-state index contributed by atoms with van der Waals surface area (Å²) in [5, 5.41) is 8.29. The fourth-order valence-electron chi connectivity index (χ4n) is 1.35. The van der Waals surface area contributed by atoms with Crippen LogP contribution in [-0.2, 0) is 0 Å². The molecule has 21 heavy (non-hydrogen) atoms. The van der Waals surface area contributed by atoms with Crippen molar-refractivity contribution in [2.75, 3.05) is 5.73 Å². The number of nitriles is 1. The van der Waals surface area contributed by atoms with Crippen molar-refractivity contribution in [3.8, 4) is 6.07 Å². The van der Waals surface area contributed by atoms with E-state index in [4.69, 9.17) is 11.0 Å². The van der Waals surface area contributed by atoms with Crippen LogP contribution in [0.5, 0.6) is 0 Å². The zero-order valence-electron chi connectivity index (χ0n) is 11.8. The van der Waals surface area contributed by atoms with Crippen LogP contribution in [-0.4, -0.2) is 0 Å². The number of anilines is 1. The van der Waals surface area contributed by atoms with E-state index < -0.39 is 0 Å². The van der Waals surface area contributed by atoms with Gasteiger partial charge in [-0.25, -0.2) is 0 Å². The quantitative estimate of drug-likeness (QED) is 0.613. The maximum atomic E-state index is 8.29. The summed E-state index contributed by atoms with van der Waals surface area (Å²) in [4.78, 5) is 0. The van der Waals surface area contributed by atoms with E-state index in [0.29, 0.717) is 5.56 Å². The predicted molar refractivity (Wildman–Crippen MR) is 88.5 cm³/mol. The average Bonchev–Trinajstić information content (AvgIpc) is 2.59. The van der Waals surface area contributed by atoms with Gasteiger partial charge in [0.15, 0.2) is 0 Å². The summed E-state index contributed by atoms with van der Waals surface area (Å²) in [7, 11) is 0. The number of benzene rings is 3. The highest BCUT2D eigenvalue weighted by molar-refractivity contribution is 5.35. The first kappa shape index (κ1) is 16.0. The molecule has 0 radical (unpaired) electrons. The lowest BCUT2D eigenvalue weighted by molar-refractivity contribution is 1.49. The summed E-state index contributed by atoms with van der Waals surface area (Å²) in [6, 6.07) is 32.7. The smallest absolute Gasteiger partial charge is 0.0991 e. The van der Waals surface area contributed by atoms with Gasteiger partial charge in [-0.3, -0.25) is 0 Å². The SMILES string of the molecule is N#Cc1ccccc1.Nc1ccccc1.c1ccccc1. The fraction of sp³-hybridized carbons (Fsp3) is 0. The number of nitrogens with two attached hydrogens (primary N) is 1. The summed E-state index contributed by atoms with van der Waals surface area (Å²) in [5.41, 5.74) is 6.89. The molecule has 0 aliphatic carbocycles. The number of hydrogen-bond acceptors (Lipinski definition) is 2. The van der Waals surface area contributed by atoms with E-state index in [0.717, 1.165) is 5.69 Å². The molecule has 2 nitrogen and oxygen atoms in total. The van der Waals surface area contributed by atoms with Gasteiger partial charge in [-0.05, 0) is 24.3 Å². The van der Waals surface area contributed by atoms with Crippen molar-refractivity contribution in [3.05, 3.63) is 103 Å². The topological polar surface area (TPSA) is 49.8 Å². The highest BCUT2D eigenvalue weighted by Gasteiger charge is 1.79. The molecule has 0 amide bonds. The molecule has 0 aromatic heterocycles. The van der Waals surface area contributed by atoms with Gasteiger partial charge in [0.05, 0.1) is 11.6 Å². The summed E-state index contributed by atoms with van der Waals surface area (Å²) in [6.45, 7) is 0. The number of para-hydroxylation sites is 1. The van der Waals surface area contributed by atoms with Gasteiger partial charge in [0, 0.05) is 5.69 Å². The summed E-state index contributed by atoms with van der Waals surface area (Å²) in [6.07, 6.45) is 0. The van der Waals surface area contributed by atoms with Gasteiger partial charge in [0.2, 0.25) is 0 Å². The van der Waals surface area contributed by atoms with E-state index in [1.807, 2.05) is 91.0 Å². The van der Waals surface area contributed by atoms with Crippen molar-refractivity contribution in [1.29, 1.82) is 5.26 Å². The van der Waals surface area contributed by atoms with Gasteiger partial charge < -0.3 is 5.73 Å². The number of nitrogens with zero attached hydrogens (tertiary/aromatic N) is 1. The molecule has 0 aliphatic rings. The molecule has 104 valence electrons. The van der Waals surface area contributed by atoms with Crippen molar-refractivity contribution in [1.82, 2.24) is 0 Å². The second-order valence-corrected chi connectivity index (χ2v) is 4.04. The van der Waals surface area contributed by atoms with Gasteiger partial charge in [-0.1, -0.05) is 72.8 Å². The first-order valence-electron chi connectivity index (χ1n) is 6.58. The minimum absolute atomic E-state index is 0.715. The molecular weight excluding hydrogens is 256 g/mol. The van der Waals surface area contributed by atoms with Crippen molar-refractivity contribution < 1.29 is 0 Å². The fourth-order valence-corrected chi connectivity index (χ4v) is 1.35. The van der Waals surface area contributed by atoms with Crippen molar-refractivity contribution in [2.45, 2.75) is 0 Å². The van der Waals surface area contributed by atoms with Crippen LogP contribution in [0.4, 0.5) is 5.69 Å². The Kier molecular flexibility index (Phi) is 8.26. The molecule has 0 saturated carbocycles. The lowest BCUT2D eigenvalue weighted by Crippen LogP contribution is -1.79. The molecule has 3 rings (SSSR count). The third-order valence-electron chi connectivity index (χ3n) is 2.37. The number of nitrogen functional groups attached to an aromatic ring is 1. The Labute approximate surface area is 126 Å². The molecule has 3 aromatic carbocycles. The predicted octanol–water partition coefficient (Wildman–Crippen LogP) is 4.51. The Morgan fingerprint density at radius 2 is 0.905 bits per heavy atom. The molecule has 0 heterocycles. The van der Waals surface area contributed by atoms with E-state index in [1.165, 1.54) is 0 Å². The second kappa shape index (κ2) is 10.8. The third kappa shape index (κ3) is 8.63. The van der Waals surface area contributed by atoms with Crippen LogP contribution in [0.2, 0.25) is 0 Å². The molecule has 0 aliphatic heterocycles. The molecule has 0 saturated heterocycles. The van der Waals surface area contributed by atoms with Crippen LogP contribution in [0, 0.1) is 11.3 Å². The molecule has 3 aromatic rings. The van der Waals surface area contributed by atoms with Gasteiger partial charge in [-0.15, -0.1) is 0 Å². The Balaban J connectivity index is 0.000000159. The number of hydrogen-bond donors (Lipinski definition) is 1. The average molecular weight is 274 g/mol.